The average Bonchev–Trinajstić information content (AvgIpc) is 3.23. The molecule has 1 unspecified atom stereocenters. The van der Waals surface area contributed by atoms with Crippen molar-refractivity contribution < 1.29 is 0 Å². The maximum Gasteiger partial charge on any atom is 0.272 e. The Kier molecular flexibility index (Phi) is 4.31. The molecule has 1 fully saturated rings. The summed E-state index contributed by atoms with van der Waals surface area (Å²) in [6.45, 7) is 3.50. The molecule has 8 heteroatoms. The van der Waals surface area contributed by atoms with Crippen LogP contribution in [0, 0.1) is 17.2 Å². The zero-order valence-electron chi connectivity index (χ0n) is 14.6. The summed E-state index contributed by atoms with van der Waals surface area (Å²) in [5.41, 5.74) is 2.21. The molecule has 0 aromatic carbocycles. The van der Waals surface area contributed by atoms with Gasteiger partial charge in [0.1, 0.15) is 11.6 Å². The fourth-order valence-corrected chi connectivity index (χ4v) is 3.22. The van der Waals surface area contributed by atoms with E-state index in [9.17, 15) is 4.79 Å². The number of hydrogen-bond donors (Lipinski definition) is 2. The lowest BCUT2D eigenvalue weighted by molar-refractivity contribution is 0.266. The fraction of sp³-hybridized carbons (Fsp3) is 0.444. The first-order valence-electron chi connectivity index (χ1n) is 8.90. The van der Waals surface area contributed by atoms with Crippen LogP contribution in [-0.4, -0.2) is 24.4 Å². The molecule has 3 aromatic rings. The maximum atomic E-state index is 12.1. The van der Waals surface area contributed by atoms with Crippen LogP contribution in [0.15, 0.2) is 29.5 Å². The molecule has 26 heavy (non-hydrogen) atoms. The number of aromatic nitrogens is 5. The number of hydrogen-bond acceptors (Lipinski definition) is 5. The van der Waals surface area contributed by atoms with Gasteiger partial charge < -0.3 is 5.32 Å². The van der Waals surface area contributed by atoms with Crippen molar-refractivity contribution in [1.82, 2.24) is 29.7 Å². The quantitative estimate of drug-likeness (QED) is 0.704. The van der Waals surface area contributed by atoms with E-state index in [4.69, 9.17) is 5.26 Å². The highest BCUT2D eigenvalue weighted by molar-refractivity contribution is 5.53. The summed E-state index contributed by atoms with van der Waals surface area (Å²) in [6, 6.07) is 3.60. The van der Waals surface area contributed by atoms with Crippen LogP contribution < -0.4 is 10.9 Å². The van der Waals surface area contributed by atoms with Crippen molar-refractivity contribution in [1.29, 1.82) is 5.26 Å². The van der Waals surface area contributed by atoms with E-state index in [2.05, 4.69) is 33.6 Å². The van der Waals surface area contributed by atoms with Crippen LogP contribution in [-0.2, 0) is 13.1 Å². The summed E-state index contributed by atoms with van der Waals surface area (Å²) in [4.78, 5) is 16.5. The SMILES string of the molecule is CC(NCc1cc(=O)n2[nH]cc(C#N)c2n1)c1cnn(CC2CCC2)c1. The van der Waals surface area contributed by atoms with E-state index in [1.54, 1.807) is 0 Å². The van der Waals surface area contributed by atoms with Gasteiger partial charge in [0, 0.05) is 43.2 Å². The molecule has 3 heterocycles. The van der Waals surface area contributed by atoms with Gasteiger partial charge in [0.15, 0.2) is 5.65 Å². The fourth-order valence-electron chi connectivity index (χ4n) is 3.22. The van der Waals surface area contributed by atoms with Gasteiger partial charge in [-0.3, -0.25) is 14.6 Å². The minimum atomic E-state index is -0.228. The number of rotatable bonds is 6. The molecule has 0 radical (unpaired) electrons. The molecule has 0 saturated heterocycles. The topological polar surface area (TPSA) is 104 Å². The molecule has 0 bridgehead atoms. The van der Waals surface area contributed by atoms with Gasteiger partial charge >= 0.3 is 0 Å². The van der Waals surface area contributed by atoms with Crippen LogP contribution in [0.25, 0.3) is 5.65 Å². The second kappa shape index (κ2) is 6.77. The number of nitrogens with zero attached hydrogens (tertiary/aromatic N) is 5. The van der Waals surface area contributed by atoms with Gasteiger partial charge in [-0.1, -0.05) is 6.42 Å². The van der Waals surface area contributed by atoms with Crippen molar-refractivity contribution >= 4 is 5.65 Å². The Hall–Kier alpha value is -2.92. The van der Waals surface area contributed by atoms with Gasteiger partial charge in [0.25, 0.3) is 5.56 Å². The zero-order chi connectivity index (χ0) is 18.1. The number of H-pyrrole nitrogens is 1. The summed E-state index contributed by atoms with van der Waals surface area (Å²) in [6.07, 6.45) is 9.40. The predicted octanol–water partition coefficient (Wildman–Crippen LogP) is 1.74. The molecular formula is C18H21N7O. The summed E-state index contributed by atoms with van der Waals surface area (Å²) in [5.74, 6) is 0.769. The van der Waals surface area contributed by atoms with Crippen molar-refractivity contribution in [3.8, 4) is 6.07 Å². The maximum absolute atomic E-state index is 12.1. The van der Waals surface area contributed by atoms with E-state index in [1.165, 1.54) is 36.0 Å². The smallest absolute Gasteiger partial charge is 0.272 e. The lowest BCUT2D eigenvalue weighted by Gasteiger charge is -2.24. The molecule has 4 rings (SSSR count). The van der Waals surface area contributed by atoms with Crippen molar-refractivity contribution in [2.45, 2.75) is 45.3 Å². The lowest BCUT2D eigenvalue weighted by Crippen LogP contribution is -2.22. The molecule has 2 N–H and O–H groups in total. The minimum absolute atomic E-state index is 0.0899. The molecule has 0 aliphatic heterocycles. The van der Waals surface area contributed by atoms with Crippen molar-refractivity contribution in [2.24, 2.45) is 5.92 Å². The molecule has 1 aliphatic rings. The Balaban J connectivity index is 1.44. The number of nitrogens with one attached hydrogen (secondary N) is 2. The van der Waals surface area contributed by atoms with E-state index < -0.39 is 0 Å². The second-order valence-corrected chi connectivity index (χ2v) is 6.94. The molecule has 0 amide bonds. The molecule has 1 aliphatic carbocycles. The van der Waals surface area contributed by atoms with Gasteiger partial charge in [-0.2, -0.15) is 10.4 Å². The standard InChI is InChI=1S/C18H21N7O/c1-12(15-8-21-24(11-15)10-13-3-2-4-13)20-9-16-5-17(26)25-18(23-16)14(6-19)7-22-25/h5,7-8,11-13,20,22H,2-4,9-10H2,1H3. The third-order valence-corrected chi connectivity index (χ3v) is 5.08. The van der Waals surface area contributed by atoms with E-state index in [-0.39, 0.29) is 11.6 Å². The zero-order valence-corrected chi connectivity index (χ0v) is 14.6. The monoisotopic (exact) mass is 351 g/mol. The highest BCUT2D eigenvalue weighted by atomic mass is 16.1. The Labute approximate surface area is 150 Å². The Morgan fingerprint density at radius 3 is 3.08 bits per heavy atom. The lowest BCUT2D eigenvalue weighted by atomic mass is 9.85. The van der Waals surface area contributed by atoms with Crippen molar-refractivity contribution in [3.63, 3.8) is 0 Å². The Bertz CT molecular complexity index is 1020. The van der Waals surface area contributed by atoms with Gasteiger partial charge in [-0.05, 0) is 25.7 Å². The van der Waals surface area contributed by atoms with Crippen LogP contribution in [0.5, 0.6) is 0 Å². The van der Waals surface area contributed by atoms with Crippen LogP contribution in [0.2, 0.25) is 0 Å². The molecule has 1 saturated carbocycles. The van der Waals surface area contributed by atoms with Gasteiger partial charge in [0.05, 0.1) is 11.9 Å². The van der Waals surface area contributed by atoms with E-state index in [0.29, 0.717) is 23.4 Å². The van der Waals surface area contributed by atoms with Crippen LogP contribution in [0.1, 0.15) is 49.0 Å². The average molecular weight is 351 g/mol. The Morgan fingerprint density at radius 2 is 2.35 bits per heavy atom. The first-order chi connectivity index (χ1) is 12.6. The summed E-state index contributed by atoms with van der Waals surface area (Å²) in [5, 5.41) is 19.7. The third-order valence-electron chi connectivity index (χ3n) is 5.08. The third kappa shape index (κ3) is 3.13. The molecule has 3 aromatic heterocycles. The summed E-state index contributed by atoms with van der Waals surface area (Å²) < 4.78 is 3.29. The van der Waals surface area contributed by atoms with E-state index in [1.807, 2.05) is 16.9 Å². The number of nitriles is 1. The van der Waals surface area contributed by atoms with Crippen LogP contribution >= 0.6 is 0 Å². The van der Waals surface area contributed by atoms with Crippen LogP contribution in [0.3, 0.4) is 0 Å². The highest BCUT2D eigenvalue weighted by Crippen LogP contribution is 2.27. The second-order valence-electron chi connectivity index (χ2n) is 6.94. The van der Waals surface area contributed by atoms with Gasteiger partial charge in [0.2, 0.25) is 0 Å². The Morgan fingerprint density at radius 1 is 1.50 bits per heavy atom. The van der Waals surface area contributed by atoms with E-state index in [0.717, 1.165) is 18.0 Å². The molecule has 134 valence electrons. The molecule has 8 nitrogen and oxygen atoms in total. The predicted molar refractivity (Wildman–Crippen MR) is 95.4 cm³/mol. The largest absolute Gasteiger partial charge is 0.304 e. The van der Waals surface area contributed by atoms with Crippen molar-refractivity contribution in [2.75, 3.05) is 0 Å². The first kappa shape index (κ1) is 16.5. The molecule has 0 spiro atoms. The first-order valence-corrected chi connectivity index (χ1v) is 8.90. The van der Waals surface area contributed by atoms with Gasteiger partial charge in [-0.25, -0.2) is 9.50 Å². The highest BCUT2D eigenvalue weighted by Gasteiger charge is 2.18. The normalized spacial score (nSPS) is 15.7. The van der Waals surface area contributed by atoms with Gasteiger partial charge in [-0.15, -0.1) is 0 Å². The summed E-state index contributed by atoms with van der Waals surface area (Å²) >= 11 is 0. The molecule has 1 atom stereocenters. The number of aromatic amines is 1. The van der Waals surface area contributed by atoms with Crippen LogP contribution in [0.4, 0.5) is 0 Å². The van der Waals surface area contributed by atoms with Crippen molar-refractivity contribution in [3.05, 3.63) is 51.8 Å². The molecular weight excluding hydrogens is 330 g/mol. The van der Waals surface area contributed by atoms with E-state index >= 15 is 0 Å². The number of fused-ring (bicyclic) bond motifs is 1. The summed E-state index contributed by atoms with van der Waals surface area (Å²) in [7, 11) is 0. The minimum Gasteiger partial charge on any atom is -0.304 e.